The predicted octanol–water partition coefficient (Wildman–Crippen LogP) is 7.15. The Kier molecular flexibility index (Phi) is 9.63. The third-order valence-corrected chi connectivity index (χ3v) is 10.6. The van der Waals surface area contributed by atoms with E-state index in [0.29, 0.717) is 50.9 Å². The molecule has 0 spiro atoms. The summed E-state index contributed by atoms with van der Waals surface area (Å²) >= 11 is 0. The first-order chi connectivity index (χ1) is 24.3. The number of rotatable bonds is 10. The van der Waals surface area contributed by atoms with Gasteiger partial charge in [0.2, 0.25) is 11.8 Å². The van der Waals surface area contributed by atoms with Gasteiger partial charge in [0.1, 0.15) is 18.9 Å². The molecule has 0 radical (unpaired) electrons. The number of ether oxygens (including phenoxy) is 2. The van der Waals surface area contributed by atoms with Crippen LogP contribution in [-0.4, -0.2) is 67.8 Å². The van der Waals surface area contributed by atoms with Gasteiger partial charge >= 0.3 is 6.09 Å². The Morgan fingerprint density at radius 1 is 0.800 bits per heavy atom. The molecule has 1 unspecified atom stereocenters. The number of hydrogen-bond acceptors (Lipinski definition) is 7. The van der Waals surface area contributed by atoms with E-state index in [2.05, 4.69) is 23.1 Å². The molecule has 2 aromatic heterocycles. The third kappa shape index (κ3) is 6.98. The van der Waals surface area contributed by atoms with E-state index in [1.54, 1.807) is 0 Å². The van der Waals surface area contributed by atoms with Gasteiger partial charge in [0, 0.05) is 44.7 Å². The lowest BCUT2D eigenvalue weighted by molar-refractivity contribution is -0.0780. The lowest BCUT2D eigenvalue weighted by Gasteiger charge is -2.46. The molecule has 3 aromatic carbocycles. The normalized spacial score (nSPS) is 17.1. The molecule has 7 rings (SSSR count). The van der Waals surface area contributed by atoms with Crippen molar-refractivity contribution in [3.8, 4) is 23.0 Å². The number of likely N-dealkylation sites (tertiary alicyclic amines) is 1. The monoisotopic (exact) mass is 675 g/mol. The Morgan fingerprint density at radius 2 is 1.40 bits per heavy atom. The fraction of sp³-hybridized carbons (Fsp3) is 0.375. The number of aliphatic hydroxyl groups is 1. The zero-order valence-corrected chi connectivity index (χ0v) is 28.7. The maximum Gasteiger partial charge on any atom is 0.407 e. The molecule has 2 aliphatic heterocycles. The van der Waals surface area contributed by atoms with Gasteiger partial charge < -0.3 is 29.5 Å². The minimum Gasteiger partial charge on any atom is -0.473 e. The van der Waals surface area contributed by atoms with Gasteiger partial charge in [-0.05, 0) is 67.7 Å². The second kappa shape index (κ2) is 14.4. The van der Waals surface area contributed by atoms with Crippen LogP contribution in [-0.2, 0) is 20.3 Å². The lowest BCUT2D eigenvalue weighted by Crippen LogP contribution is -2.51. The van der Waals surface area contributed by atoms with Crippen molar-refractivity contribution >= 4 is 22.7 Å². The van der Waals surface area contributed by atoms with Crippen LogP contribution in [0.4, 0.5) is 10.5 Å². The molecule has 4 heterocycles. The summed E-state index contributed by atoms with van der Waals surface area (Å²) in [7, 11) is 1.98. The minimum absolute atomic E-state index is 0.0970. The largest absolute Gasteiger partial charge is 0.473 e. The summed E-state index contributed by atoms with van der Waals surface area (Å²) in [6, 6.07) is 30.2. The Hall–Kier alpha value is -5.09. The van der Waals surface area contributed by atoms with E-state index in [0.717, 1.165) is 64.9 Å². The average Bonchev–Trinajstić information content (AvgIpc) is 3.50. The zero-order chi connectivity index (χ0) is 34.7. The van der Waals surface area contributed by atoms with Crippen LogP contribution in [0.15, 0.2) is 91.0 Å². The molecule has 10 nitrogen and oxygen atoms in total. The maximum absolute atomic E-state index is 11.7. The van der Waals surface area contributed by atoms with E-state index in [4.69, 9.17) is 19.6 Å². The number of fused-ring (bicyclic) bond motifs is 1. The van der Waals surface area contributed by atoms with Gasteiger partial charge in [-0.25, -0.2) is 4.79 Å². The summed E-state index contributed by atoms with van der Waals surface area (Å²) in [6.07, 6.45) is 2.24. The lowest BCUT2D eigenvalue weighted by atomic mass is 9.70. The van der Waals surface area contributed by atoms with Crippen molar-refractivity contribution in [2.45, 2.75) is 51.4 Å². The summed E-state index contributed by atoms with van der Waals surface area (Å²) in [6.45, 7) is 5.32. The van der Waals surface area contributed by atoms with E-state index in [1.165, 1.54) is 4.90 Å². The van der Waals surface area contributed by atoms with Crippen LogP contribution in [0.3, 0.4) is 0 Å². The van der Waals surface area contributed by atoms with Crippen LogP contribution in [0.2, 0.25) is 0 Å². The number of pyridine rings is 1. The standard InChI is InChI=1S/C40H45N5O5/c1-40(48,31-20-24-45(25-21-31)39(46)47)30-18-22-44(23-19-30)34-15-9-14-32-36(42-43(2)37(32)34)33-16-17-35(49-26-28-10-5-3-6-11-28)41-38(33)50-27-29-12-7-4-8-13-29/h3-17,30-31,48H,18-27H2,1-2H3,(H,46,47). The quantitative estimate of drug-likeness (QED) is 0.161. The second-order valence-electron chi connectivity index (χ2n) is 13.7. The van der Waals surface area contributed by atoms with Crippen molar-refractivity contribution < 1.29 is 24.5 Å². The van der Waals surface area contributed by atoms with Gasteiger partial charge in [0.25, 0.3) is 0 Å². The van der Waals surface area contributed by atoms with Gasteiger partial charge in [-0.3, -0.25) is 4.68 Å². The number of anilines is 1. The Morgan fingerprint density at radius 3 is 2.02 bits per heavy atom. The van der Waals surface area contributed by atoms with Gasteiger partial charge in [-0.15, -0.1) is 0 Å². The second-order valence-corrected chi connectivity index (χ2v) is 13.7. The van der Waals surface area contributed by atoms with Crippen LogP contribution in [0.5, 0.6) is 11.8 Å². The van der Waals surface area contributed by atoms with Crippen molar-refractivity contribution in [3.63, 3.8) is 0 Å². The molecule has 10 heteroatoms. The number of nitrogens with zero attached hydrogens (tertiary/aromatic N) is 5. The van der Waals surface area contributed by atoms with E-state index in [1.807, 2.05) is 91.4 Å². The third-order valence-electron chi connectivity index (χ3n) is 10.6. The number of para-hydroxylation sites is 1. The number of aromatic nitrogens is 3. The number of carbonyl (C=O) groups is 1. The molecular formula is C40H45N5O5. The highest BCUT2D eigenvalue weighted by molar-refractivity contribution is 6.01. The topological polar surface area (TPSA) is 113 Å². The van der Waals surface area contributed by atoms with Gasteiger partial charge in [-0.2, -0.15) is 10.1 Å². The predicted molar refractivity (Wildman–Crippen MR) is 193 cm³/mol. The summed E-state index contributed by atoms with van der Waals surface area (Å²) in [5.74, 6) is 1.19. The maximum atomic E-state index is 11.7. The molecule has 2 N–H and O–H groups in total. The molecule has 5 aromatic rings. The van der Waals surface area contributed by atoms with E-state index in [9.17, 15) is 15.0 Å². The SMILES string of the molecule is Cn1nc(-c2ccc(OCc3ccccc3)nc2OCc2ccccc2)c2cccc(N3CCC(C(C)(O)C4CCN(C(=O)O)CC4)CC3)c21. The first-order valence-electron chi connectivity index (χ1n) is 17.5. The average molecular weight is 676 g/mol. The summed E-state index contributed by atoms with van der Waals surface area (Å²) in [4.78, 5) is 20.1. The summed E-state index contributed by atoms with van der Waals surface area (Å²) in [5, 5.41) is 27.1. The first kappa shape index (κ1) is 33.4. The Labute approximate surface area is 292 Å². The highest BCUT2D eigenvalue weighted by Crippen LogP contribution is 2.42. The van der Waals surface area contributed by atoms with Crippen molar-refractivity contribution in [1.82, 2.24) is 19.7 Å². The Bertz CT molecular complexity index is 1910. The minimum atomic E-state index is -0.874. The molecular weight excluding hydrogens is 630 g/mol. The molecule has 2 aliphatic rings. The van der Waals surface area contributed by atoms with Crippen LogP contribution in [0.25, 0.3) is 22.2 Å². The van der Waals surface area contributed by atoms with Crippen LogP contribution in [0, 0.1) is 11.8 Å². The number of piperidine rings is 2. The molecule has 1 amide bonds. The van der Waals surface area contributed by atoms with Crippen LogP contribution in [0.1, 0.15) is 43.7 Å². The molecule has 50 heavy (non-hydrogen) atoms. The van der Waals surface area contributed by atoms with Gasteiger partial charge in [-0.1, -0.05) is 72.8 Å². The van der Waals surface area contributed by atoms with Crippen molar-refractivity contribution in [2.24, 2.45) is 18.9 Å². The van der Waals surface area contributed by atoms with E-state index in [-0.39, 0.29) is 11.8 Å². The summed E-state index contributed by atoms with van der Waals surface area (Å²) in [5.41, 5.74) is 4.99. The van der Waals surface area contributed by atoms with E-state index >= 15 is 0 Å². The highest BCUT2D eigenvalue weighted by Gasteiger charge is 2.42. The smallest absolute Gasteiger partial charge is 0.407 e. The number of amides is 1. The molecule has 1 atom stereocenters. The molecule has 2 saturated heterocycles. The van der Waals surface area contributed by atoms with Crippen molar-refractivity contribution in [1.29, 1.82) is 0 Å². The highest BCUT2D eigenvalue weighted by atomic mass is 16.5. The summed E-state index contributed by atoms with van der Waals surface area (Å²) < 4.78 is 14.4. The first-order valence-corrected chi connectivity index (χ1v) is 17.5. The van der Waals surface area contributed by atoms with Gasteiger partial charge in [0.05, 0.1) is 22.4 Å². The number of hydrogen-bond donors (Lipinski definition) is 2. The van der Waals surface area contributed by atoms with Crippen LogP contribution >= 0.6 is 0 Å². The van der Waals surface area contributed by atoms with Gasteiger partial charge in [0.15, 0.2) is 0 Å². The van der Waals surface area contributed by atoms with Crippen molar-refractivity contribution in [3.05, 3.63) is 102 Å². The molecule has 2 fully saturated rings. The number of carboxylic acid groups (broad SMARTS) is 1. The fourth-order valence-electron chi connectivity index (χ4n) is 7.72. The number of aryl methyl sites for hydroxylation is 1. The van der Waals surface area contributed by atoms with E-state index < -0.39 is 11.7 Å². The molecule has 260 valence electrons. The Balaban J connectivity index is 1.12. The molecule has 0 aliphatic carbocycles. The number of benzene rings is 3. The van der Waals surface area contributed by atoms with Crippen LogP contribution < -0.4 is 14.4 Å². The molecule has 0 bridgehead atoms. The zero-order valence-electron chi connectivity index (χ0n) is 28.7. The van der Waals surface area contributed by atoms with Crippen molar-refractivity contribution in [2.75, 3.05) is 31.1 Å². The molecule has 0 saturated carbocycles. The fourth-order valence-corrected chi connectivity index (χ4v) is 7.72.